The monoisotopic (exact) mass is 254 g/mol. The number of aryl methyl sites for hydroxylation is 1. The van der Waals surface area contributed by atoms with Gasteiger partial charge in [-0.1, -0.05) is 12.1 Å². The molecular formula is C14H10N2OS. The van der Waals surface area contributed by atoms with E-state index in [4.69, 9.17) is 0 Å². The normalized spacial score (nSPS) is 14.3. The number of imidazole rings is 1. The molecule has 0 radical (unpaired) electrons. The quantitative estimate of drug-likeness (QED) is 0.667. The average Bonchev–Trinajstić information content (AvgIpc) is 3.02. The van der Waals surface area contributed by atoms with Crippen LogP contribution in [0.15, 0.2) is 35.7 Å². The van der Waals surface area contributed by atoms with Crippen LogP contribution < -0.4 is 0 Å². The minimum Gasteiger partial charge on any atom is -0.322 e. The molecule has 0 atom stereocenters. The fourth-order valence-electron chi connectivity index (χ4n) is 2.57. The Labute approximate surface area is 108 Å². The van der Waals surface area contributed by atoms with Crippen molar-refractivity contribution < 1.29 is 4.79 Å². The fourth-order valence-corrected chi connectivity index (χ4v) is 3.29. The van der Waals surface area contributed by atoms with E-state index in [-0.39, 0.29) is 5.78 Å². The molecule has 1 aliphatic heterocycles. The minimum absolute atomic E-state index is 0.228. The van der Waals surface area contributed by atoms with Gasteiger partial charge in [0.15, 0.2) is 11.6 Å². The van der Waals surface area contributed by atoms with Gasteiger partial charge in [0, 0.05) is 18.5 Å². The lowest BCUT2D eigenvalue weighted by molar-refractivity contribution is 0.0973. The van der Waals surface area contributed by atoms with Crippen LogP contribution in [0.2, 0.25) is 0 Å². The number of Topliss-reactive ketones (excluding diaryl/α,β-unsaturated/α-hetero) is 1. The van der Waals surface area contributed by atoms with Gasteiger partial charge in [0.25, 0.3) is 0 Å². The summed E-state index contributed by atoms with van der Waals surface area (Å²) >= 11 is 1.68. The van der Waals surface area contributed by atoms with Gasteiger partial charge in [0.1, 0.15) is 0 Å². The van der Waals surface area contributed by atoms with Gasteiger partial charge in [0.05, 0.1) is 15.9 Å². The lowest BCUT2D eigenvalue weighted by atomic mass is 10.0. The van der Waals surface area contributed by atoms with Crippen molar-refractivity contribution in [1.82, 2.24) is 9.55 Å². The Kier molecular flexibility index (Phi) is 1.96. The molecule has 1 aromatic carbocycles. The van der Waals surface area contributed by atoms with Gasteiger partial charge < -0.3 is 4.57 Å². The number of hydrogen-bond acceptors (Lipinski definition) is 3. The van der Waals surface area contributed by atoms with Crippen LogP contribution in [0, 0.1) is 0 Å². The maximum absolute atomic E-state index is 11.9. The second-order valence-electron chi connectivity index (χ2n) is 4.41. The van der Waals surface area contributed by atoms with Crippen molar-refractivity contribution in [3.05, 3.63) is 41.3 Å². The number of benzene rings is 1. The van der Waals surface area contributed by atoms with E-state index in [0.29, 0.717) is 6.42 Å². The fraction of sp³-hybridized carbons (Fsp3) is 0.143. The topological polar surface area (TPSA) is 34.9 Å². The Hall–Kier alpha value is -1.94. The summed E-state index contributed by atoms with van der Waals surface area (Å²) in [5.41, 5.74) is 2.73. The van der Waals surface area contributed by atoms with E-state index in [9.17, 15) is 4.79 Å². The van der Waals surface area contributed by atoms with E-state index in [1.807, 2.05) is 24.3 Å². The van der Waals surface area contributed by atoms with Gasteiger partial charge in [-0.05, 0) is 23.6 Å². The van der Waals surface area contributed by atoms with Gasteiger partial charge in [-0.25, -0.2) is 4.98 Å². The number of rotatable bonds is 1. The van der Waals surface area contributed by atoms with Gasteiger partial charge in [-0.3, -0.25) is 4.79 Å². The smallest absolute Gasteiger partial charge is 0.166 e. The molecule has 3 nitrogen and oxygen atoms in total. The molecule has 0 amide bonds. The molecule has 2 aromatic heterocycles. The molecule has 3 aromatic rings. The molecule has 0 saturated carbocycles. The largest absolute Gasteiger partial charge is 0.322 e. The first-order valence-corrected chi connectivity index (χ1v) is 6.79. The maximum Gasteiger partial charge on any atom is 0.166 e. The Morgan fingerprint density at radius 1 is 1.22 bits per heavy atom. The molecule has 3 heterocycles. The summed E-state index contributed by atoms with van der Waals surface area (Å²) in [5.74, 6) is 1.21. The zero-order chi connectivity index (χ0) is 12.1. The molecule has 0 N–H and O–H groups in total. The van der Waals surface area contributed by atoms with E-state index in [1.165, 1.54) is 0 Å². The molecule has 18 heavy (non-hydrogen) atoms. The summed E-state index contributed by atoms with van der Waals surface area (Å²) in [6.45, 7) is 0.736. The van der Waals surface area contributed by atoms with Crippen molar-refractivity contribution in [3.63, 3.8) is 0 Å². The molecular weight excluding hydrogens is 244 g/mol. The summed E-state index contributed by atoms with van der Waals surface area (Å²) in [5, 5.41) is 2.05. The highest BCUT2D eigenvalue weighted by Crippen LogP contribution is 2.32. The third-order valence-corrected chi connectivity index (χ3v) is 4.24. The molecule has 0 aliphatic carbocycles. The van der Waals surface area contributed by atoms with Crippen molar-refractivity contribution in [2.75, 3.05) is 0 Å². The molecule has 4 heteroatoms. The number of para-hydroxylation sites is 1. The number of carbonyl (C=O) groups excluding carboxylic acids is 1. The Morgan fingerprint density at radius 3 is 3.00 bits per heavy atom. The van der Waals surface area contributed by atoms with Crippen LogP contribution in [0.5, 0.6) is 0 Å². The summed E-state index contributed by atoms with van der Waals surface area (Å²) in [4.78, 5) is 17.8. The minimum atomic E-state index is 0.228. The number of thiophene rings is 1. The third kappa shape index (κ3) is 1.24. The van der Waals surface area contributed by atoms with E-state index < -0.39 is 0 Å². The summed E-state index contributed by atoms with van der Waals surface area (Å²) in [6, 6.07) is 9.90. The maximum atomic E-state index is 11.9. The molecule has 0 unspecified atom stereocenters. The predicted octanol–water partition coefficient (Wildman–Crippen LogP) is 3.35. The summed E-state index contributed by atoms with van der Waals surface area (Å²) in [7, 11) is 0. The molecule has 0 saturated heterocycles. The van der Waals surface area contributed by atoms with Crippen LogP contribution >= 0.6 is 11.3 Å². The zero-order valence-corrected chi connectivity index (χ0v) is 10.4. The second kappa shape index (κ2) is 3.53. The molecule has 0 bridgehead atoms. The van der Waals surface area contributed by atoms with Crippen molar-refractivity contribution in [3.8, 4) is 10.7 Å². The summed E-state index contributed by atoms with van der Waals surface area (Å²) in [6.07, 6.45) is 0.570. The SMILES string of the molecule is O=C1CCn2c(-c3cccs3)nc3cccc1c32. The van der Waals surface area contributed by atoms with Crippen LogP contribution in [0.1, 0.15) is 16.8 Å². The standard InChI is InChI=1S/C14H10N2OS/c17-11-6-7-16-13-9(11)3-1-4-10(13)15-14(16)12-5-2-8-18-12/h1-5,8H,6-7H2. The number of aromatic nitrogens is 2. The van der Waals surface area contributed by atoms with Crippen molar-refractivity contribution >= 4 is 28.2 Å². The predicted molar refractivity (Wildman–Crippen MR) is 72.0 cm³/mol. The Balaban J connectivity index is 2.12. The van der Waals surface area contributed by atoms with E-state index in [0.717, 1.165) is 33.8 Å². The Morgan fingerprint density at radius 2 is 2.17 bits per heavy atom. The van der Waals surface area contributed by atoms with Crippen LogP contribution in [-0.2, 0) is 6.54 Å². The molecule has 0 fully saturated rings. The van der Waals surface area contributed by atoms with Gasteiger partial charge >= 0.3 is 0 Å². The zero-order valence-electron chi connectivity index (χ0n) is 9.59. The van der Waals surface area contributed by atoms with Gasteiger partial charge in [-0.15, -0.1) is 11.3 Å². The van der Waals surface area contributed by atoms with E-state index in [1.54, 1.807) is 11.3 Å². The van der Waals surface area contributed by atoms with Gasteiger partial charge in [-0.2, -0.15) is 0 Å². The molecule has 4 rings (SSSR count). The number of carbonyl (C=O) groups is 1. The Bertz CT molecular complexity index is 756. The first-order valence-electron chi connectivity index (χ1n) is 5.91. The van der Waals surface area contributed by atoms with Crippen LogP contribution in [-0.4, -0.2) is 15.3 Å². The van der Waals surface area contributed by atoms with Crippen molar-refractivity contribution in [1.29, 1.82) is 0 Å². The van der Waals surface area contributed by atoms with Crippen molar-refractivity contribution in [2.24, 2.45) is 0 Å². The summed E-state index contributed by atoms with van der Waals surface area (Å²) < 4.78 is 2.18. The van der Waals surface area contributed by atoms with Gasteiger partial charge in [0.2, 0.25) is 0 Å². The van der Waals surface area contributed by atoms with Crippen LogP contribution in [0.3, 0.4) is 0 Å². The average molecular weight is 254 g/mol. The number of hydrogen-bond donors (Lipinski definition) is 0. The molecule has 1 aliphatic rings. The van der Waals surface area contributed by atoms with Crippen molar-refractivity contribution in [2.45, 2.75) is 13.0 Å². The van der Waals surface area contributed by atoms with E-state index in [2.05, 4.69) is 21.0 Å². The highest BCUT2D eigenvalue weighted by Gasteiger charge is 2.23. The lowest BCUT2D eigenvalue weighted by Gasteiger charge is -2.15. The van der Waals surface area contributed by atoms with Crippen LogP contribution in [0.25, 0.3) is 21.7 Å². The number of ketones is 1. The van der Waals surface area contributed by atoms with Crippen LogP contribution in [0.4, 0.5) is 0 Å². The second-order valence-corrected chi connectivity index (χ2v) is 5.36. The highest BCUT2D eigenvalue weighted by molar-refractivity contribution is 7.13. The lowest BCUT2D eigenvalue weighted by Crippen LogP contribution is -2.14. The molecule has 0 spiro atoms. The third-order valence-electron chi connectivity index (χ3n) is 3.37. The first kappa shape index (κ1) is 10.0. The first-order chi connectivity index (χ1) is 8.84. The number of nitrogens with zero attached hydrogens (tertiary/aromatic N) is 2. The highest BCUT2D eigenvalue weighted by atomic mass is 32.1. The molecule has 88 valence electrons. The van der Waals surface area contributed by atoms with E-state index >= 15 is 0 Å².